The number of rotatable bonds is 3. The lowest BCUT2D eigenvalue weighted by Gasteiger charge is -2.21. The maximum Gasteiger partial charge on any atom is 0.416 e. The zero-order valence-corrected chi connectivity index (χ0v) is 14.2. The summed E-state index contributed by atoms with van der Waals surface area (Å²) in [5.74, 6) is -1.04. The van der Waals surface area contributed by atoms with Crippen LogP contribution >= 0.6 is 0 Å². The lowest BCUT2D eigenvalue weighted by Crippen LogP contribution is -2.42. The van der Waals surface area contributed by atoms with Crippen LogP contribution in [0.2, 0.25) is 0 Å². The number of hydrogen-bond donors (Lipinski definition) is 2. The van der Waals surface area contributed by atoms with E-state index in [-0.39, 0.29) is 0 Å². The van der Waals surface area contributed by atoms with Crippen molar-refractivity contribution in [3.05, 3.63) is 54.1 Å². The van der Waals surface area contributed by atoms with Crippen LogP contribution in [0, 0.1) is 0 Å². The Bertz CT molecular complexity index is 850. The van der Waals surface area contributed by atoms with Gasteiger partial charge >= 0.3 is 18.2 Å². The average Bonchev–Trinajstić information content (AvgIpc) is 3.12. The molecule has 0 aromatic heterocycles. The Morgan fingerprint density at radius 2 is 1.78 bits per heavy atom. The smallest absolute Gasteiger partial charge is 0.416 e. The molecular formula is C19H17F3N2O3. The van der Waals surface area contributed by atoms with E-state index in [0.717, 1.165) is 12.1 Å². The minimum atomic E-state index is -4.42. The third kappa shape index (κ3) is 4.21. The Morgan fingerprint density at radius 3 is 2.41 bits per heavy atom. The number of carboxylic acid groups (broad SMARTS) is 1. The minimum absolute atomic E-state index is 0.366. The number of aliphatic carboxylic acids is 1. The van der Waals surface area contributed by atoms with E-state index in [2.05, 4.69) is 5.32 Å². The molecule has 1 aliphatic rings. The molecule has 142 valence electrons. The van der Waals surface area contributed by atoms with Gasteiger partial charge in [0.1, 0.15) is 6.04 Å². The second kappa shape index (κ2) is 7.30. The number of nitrogens with one attached hydrogen (secondary N) is 1. The molecule has 27 heavy (non-hydrogen) atoms. The van der Waals surface area contributed by atoms with Gasteiger partial charge in [-0.2, -0.15) is 13.2 Å². The maximum absolute atomic E-state index is 12.8. The van der Waals surface area contributed by atoms with Crippen molar-refractivity contribution in [2.75, 3.05) is 11.9 Å². The number of amides is 2. The highest BCUT2D eigenvalue weighted by molar-refractivity contribution is 5.93. The highest BCUT2D eigenvalue weighted by Gasteiger charge is 2.34. The lowest BCUT2D eigenvalue weighted by molar-refractivity contribution is -0.141. The van der Waals surface area contributed by atoms with Crippen LogP contribution in [-0.2, 0) is 11.0 Å². The normalized spacial score (nSPS) is 17.0. The molecule has 0 spiro atoms. The molecule has 2 aromatic carbocycles. The highest BCUT2D eigenvalue weighted by Crippen LogP contribution is 2.32. The van der Waals surface area contributed by atoms with Crippen LogP contribution in [0.25, 0.3) is 11.1 Å². The van der Waals surface area contributed by atoms with Crippen molar-refractivity contribution in [2.45, 2.75) is 25.1 Å². The van der Waals surface area contributed by atoms with E-state index in [4.69, 9.17) is 5.11 Å². The largest absolute Gasteiger partial charge is 0.480 e. The zero-order valence-electron chi connectivity index (χ0n) is 14.2. The van der Waals surface area contributed by atoms with Crippen LogP contribution in [0.3, 0.4) is 0 Å². The number of anilines is 1. The van der Waals surface area contributed by atoms with Crippen molar-refractivity contribution in [3.63, 3.8) is 0 Å². The molecule has 0 radical (unpaired) electrons. The van der Waals surface area contributed by atoms with Gasteiger partial charge < -0.3 is 15.3 Å². The number of urea groups is 1. The third-order valence-corrected chi connectivity index (χ3v) is 4.46. The monoisotopic (exact) mass is 378 g/mol. The summed E-state index contributed by atoms with van der Waals surface area (Å²) in [6.45, 7) is 0.366. The first kappa shape index (κ1) is 18.8. The van der Waals surface area contributed by atoms with E-state index in [1.807, 2.05) is 0 Å². The Hall–Kier alpha value is -3.03. The first-order chi connectivity index (χ1) is 12.8. The summed E-state index contributed by atoms with van der Waals surface area (Å²) in [4.78, 5) is 24.7. The predicted molar refractivity (Wildman–Crippen MR) is 93.3 cm³/mol. The summed E-state index contributed by atoms with van der Waals surface area (Å²) in [5.41, 5.74) is 0.690. The second-order valence-corrected chi connectivity index (χ2v) is 6.28. The fourth-order valence-corrected chi connectivity index (χ4v) is 3.08. The van der Waals surface area contributed by atoms with Gasteiger partial charge in [-0.05, 0) is 48.2 Å². The van der Waals surface area contributed by atoms with Gasteiger partial charge in [0, 0.05) is 12.2 Å². The molecule has 0 bridgehead atoms. The van der Waals surface area contributed by atoms with E-state index >= 15 is 0 Å². The molecule has 3 rings (SSSR count). The number of alkyl halides is 3. The fraction of sp³-hybridized carbons (Fsp3) is 0.263. The summed E-state index contributed by atoms with van der Waals surface area (Å²) < 4.78 is 38.5. The minimum Gasteiger partial charge on any atom is -0.480 e. The van der Waals surface area contributed by atoms with E-state index in [9.17, 15) is 22.8 Å². The summed E-state index contributed by atoms with van der Waals surface area (Å²) in [5, 5.41) is 11.8. The van der Waals surface area contributed by atoms with Crippen LogP contribution < -0.4 is 5.32 Å². The molecule has 5 nitrogen and oxygen atoms in total. The standard InChI is InChI=1S/C19H17F3N2O3/c20-19(21,22)14-4-1-3-13(11-14)12-6-8-15(9-7-12)23-18(27)24-10-2-5-16(24)17(25)26/h1,3-4,6-9,11,16H,2,5,10H2,(H,23,27)(H,25,26)/t16-/m0/s1. The molecule has 0 unspecified atom stereocenters. The molecule has 1 aliphatic heterocycles. The molecule has 0 aliphatic carbocycles. The van der Waals surface area contributed by atoms with Crippen LogP contribution in [0.5, 0.6) is 0 Å². The van der Waals surface area contributed by atoms with Gasteiger partial charge in [0.25, 0.3) is 0 Å². The van der Waals surface area contributed by atoms with Crippen molar-refractivity contribution < 1.29 is 27.9 Å². The summed E-state index contributed by atoms with van der Waals surface area (Å²) in [6, 6.07) is 9.98. The molecule has 2 N–H and O–H groups in total. The molecule has 1 atom stereocenters. The number of halogens is 3. The van der Waals surface area contributed by atoms with Gasteiger partial charge in [0.2, 0.25) is 0 Å². The number of benzene rings is 2. The predicted octanol–water partition coefficient (Wildman–Crippen LogP) is 4.45. The molecule has 2 aromatic rings. The Morgan fingerprint density at radius 1 is 1.07 bits per heavy atom. The van der Waals surface area contributed by atoms with Crippen LogP contribution in [-0.4, -0.2) is 34.6 Å². The van der Waals surface area contributed by atoms with Crippen LogP contribution in [0.1, 0.15) is 18.4 Å². The van der Waals surface area contributed by atoms with Gasteiger partial charge in [-0.1, -0.05) is 24.3 Å². The summed E-state index contributed by atoms with van der Waals surface area (Å²) >= 11 is 0. The van der Waals surface area contributed by atoms with Crippen molar-refractivity contribution in [2.24, 2.45) is 0 Å². The van der Waals surface area contributed by atoms with Gasteiger partial charge in [-0.25, -0.2) is 9.59 Å². The van der Waals surface area contributed by atoms with Gasteiger partial charge in [0.15, 0.2) is 0 Å². The van der Waals surface area contributed by atoms with E-state index in [0.29, 0.717) is 36.2 Å². The van der Waals surface area contributed by atoms with E-state index < -0.39 is 29.8 Å². The van der Waals surface area contributed by atoms with Crippen molar-refractivity contribution in [1.82, 2.24) is 4.90 Å². The maximum atomic E-state index is 12.8. The second-order valence-electron chi connectivity index (χ2n) is 6.28. The zero-order chi connectivity index (χ0) is 19.6. The lowest BCUT2D eigenvalue weighted by atomic mass is 10.0. The average molecular weight is 378 g/mol. The Balaban J connectivity index is 1.73. The van der Waals surface area contributed by atoms with E-state index in [1.165, 1.54) is 11.0 Å². The number of likely N-dealkylation sites (tertiary alicyclic amines) is 1. The van der Waals surface area contributed by atoms with Crippen molar-refractivity contribution in [1.29, 1.82) is 0 Å². The molecular weight excluding hydrogens is 361 g/mol. The van der Waals surface area contributed by atoms with Gasteiger partial charge in [-0.15, -0.1) is 0 Å². The molecule has 1 saturated heterocycles. The van der Waals surface area contributed by atoms with Crippen molar-refractivity contribution >= 4 is 17.7 Å². The Kier molecular flexibility index (Phi) is 5.07. The van der Waals surface area contributed by atoms with Crippen LogP contribution in [0.15, 0.2) is 48.5 Å². The molecule has 1 heterocycles. The van der Waals surface area contributed by atoms with Crippen molar-refractivity contribution in [3.8, 4) is 11.1 Å². The highest BCUT2D eigenvalue weighted by atomic mass is 19.4. The topological polar surface area (TPSA) is 69.6 Å². The number of carbonyl (C=O) groups is 2. The first-order valence-electron chi connectivity index (χ1n) is 8.34. The third-order valence-electron chi connectivity index (χ3n) is 4.46. The molecule has 0 saturated carbocycles. The van der Waals surface area contributed by atoms with Gasteiger partial charge in [0.05, 0.1) is 5.56 Å². The van der Waals surface area contributed by atoms with Gasteiger partial charge in [-0.3, -0.25) is 0 Å². The number of nitrogens with zero attached hydrogens (tertiary/aromatic N) is 1. The quantitative estimate of drug-likeness (QED) is 0.829. The molecule has 2 amide bonds. The summed E-state index contributed by atoms with van der Waals surface area (Å²) in [7, 11) is 0. The first-order valence-corrected chi connectivity index (χ1v) is 8.34. The summed E-state index contributed by atoms with van der Waals surface area (Å²) in [6.07, 6.45) is -3.38. The molecule has 8 heteroatoms. The number of hydrogen-bond acceptors (Lipinski definition) is 2. The SMILES string of the molecule is O=C(O)[C@@H]1CCCN1C(=O)Nc1ccc(-c2cccc(C(F)(F)F)c2)cc1. The number of carboxylic acids is 1. The Labute approximate surface area is 153 Å². The fourth-order valence-electron chi connectivity index (χ4n) is 3.08. The molecule has 1 fully saturated rings. The van der Waals surface area contributed by atoms with E-state index in [1.54, 1.807) is 30.3 Å². The van der Waals surface area contributed by atoms with Crippen LogP contribution in [0.4, 0.5) is 23.7 Å². The number of carbonyl (C=O) groups excluding carboxylic acids is 1.